The number of hydrogen-bond acceptors (Lipinski definition) is 5. The highest BCUT2D eigenvalue weighted by Crippen LogP contribution is 2.21. The van der Waals surface area contributed by atoms with E-state index in [1.807, 2.05) is 0 Å². The van der Waals surface area contributed by atoms with E-state index in [1.54, 1.807) is 54.9 Å². The van der Waals surface area contributed by atoms with Crippen molar-refractivity contribution in [2.45, 2.75) is 32.5 Å². The van der Waals surface area contributed by atoms with Gasteiger partial charge in [0.2, 0.25) is 0 Å². The number of benzene rings is 2. The quantitative estimate of drug-likeness (QED) is 0.415. The molecule has 1 amide bonds. The summed E-state index contributed by atoms with van der Waals surface area (Å²) >= 11 is 5.88. The maximum Gasteiger partial charge on any atom is 0.264 e. The minimum atomic E-state index is -1.11. The van der Waals surface area contributed by atoms with Gasteiger partial charge in [-0.2, -0.15) is 5.10 Å². The Bertz CT molecular complexity index is 1380. The molecule has 0 spiro atoms. The van der Waals surface area contributed by atoms with Gasteiger partial charge in [-0.1, -0.05) is 23.7 Å². The highest BCUT2D eigenvalue weighted by atomic mass is 35.5. The number of aromatic nitrogens is 4. The van der Waals surface area contributed by atoms with Crippen LogP contribution < -0.4 is 15.6 Å². The van der Waals surface area contributed by atoms with Gasteiger partial charge in [-0.25, -0.2) is 14.1 Å². The molecule has 10 heteroatoms. The highest BCUT2D eigenvalue weighted by molar-refractivity contribution is 6.30. The van der Waals surface area contributed by atoms with Gasteiger partial charge in [0, 0.05) is 11.6 Å². The van der Waals surface area contributed by atoms with Crippen LogP contribution in [0.2, 0.25) is 5.02 Å². The Morgan fingerprint density at radius 3 is 2.71 bits per heavy atom. The largest absolute Gasteiger partial charge is 0.478 e. The standard InChI is InChI=1S/C24H23ClFN5O3/c1-24(2,34-19-8-6-17(25)7-9-19)23(33)27-10-11-31-21-20(13-29-31)22(32)30(15-28-21)14-16-4-3-5-18(26)12-16/h3-9,12-13,15H,10-11,14H2,1-2H3,(H,27,33). The minimum absolute atomic E-state index is 0.198. The van der Waals surface area contributed by atoms with Gasteiger partial charge < -0.3 is 10.1 Å². The van der Waals surface area contributed by atoms with Crippen LogP contribution in [0.4, 0.5) is 4.39 Å². The van der Waals surface area contributed by atoms with Gasteiger partial charge in [-0.3, -0.25) is 14.2 Å². The van der Waals surface area contributed by atoms with Crippen molar-refractivity contribution in [3.63, 3.8) is 0 Å². The van der Waals surface area contributed by atoms with Crippen LogP contribution in [0.15, 0.2) is 65.8 Å². The van der Waals surface area contributed by atoms with Crippen molar-refractivity contribution in [2.75, 3.05) is 6.54 Å². The zero-order chi connectivity index (χ0) is 24.3. The summed E-state index contributed by atoms with van der Waals surface area (Å²) in [6.45, 7) is 4.11. The molecule has 8 nitrogen and oxygen atoms in total. The molecule has 0 aliphatic heterocycles. The number of fused-ring (bicyclic) bond motifs is 1. The van der Waals surface area contributed by atoms with E-state index in [2.05, 4.69) is 15.4 Å². The lowest BCUT2D eigenvalue weighted by Gasteiger charge is -2.25. The number of ether oxygens (including phenoxy) is 1. The Kier molecular flexibility index (Phi) is 6.65. The summed E-state index contributed by atoms with van der Waals surface area (Å²) in [7, 11) is 0. The number of rotatable bonds is 8. The van der Waals surface area contributed by atoms with Crippen LogP contribution in [0, 0.1) is 5.82 Å². The first-order valence-electron chi connectivity index (χ1n) is 10.6. The molecule has 0 atom stereocenters. The fourth-order valence-corrected chi connectivity index (χ4v) is 3.56. The maximum atomic E-state index is 13.4. The Hall–Kier alpha value is -3.72. The molecule has 0 fully saturated rings. The van der Waals surface area contributed by atoms with Crippen molar-refractivity contribution in [1.82, 2.24) is 24.6 Å². The first kappa shape index (κ1) is 23.4. The van der Waals surface area contributed by atoms with Gasteiger partial charge in [0.25, 0.3) is 11.5 Å². The predicted octanol–water partition coefficient (Wildman–Crippen LogP) is 3.41. The molecule has 0 unspecified atom stereocenters. The number of nitrogens with one attached hydrogen (secondary N) is 1. The summed E-state index contributed by atoms with van der Waals surface area (Å²) in [5.41, 5.74) is -0.321. The van der Waals surface area contributed by atoms with E-state index >= 15 is 0 Å². The van der Waals surface area contributed by atoms with Crippen molar-refractivity contribution in [3.05, 3.63) is 87.8 Å². The van der Waals surface area contributed by atoms with Crippen LogP contribution in [-0.4, -0.2) is 37.4 Å². The van der Waals surface area contributed by atoms with E-state index < -0.39 is 5.60 Å². The highest BCUT2D eigenvalue weighted by Gasteiger charge is 2.29. The van der Waals surface area contributed by atoms with E-state index in [-0.39, 0.29) is 30.4 Å². The molecule has 1 N–H and O–H groups in total. The molecule has 34 heavy (non-hydrogen) atoms. The summed E-state index contributed by atoms with van der Waals surface area (Å²) < 4.78 is 22.2. The van der Waals surface area contributed by atoms with Crippen LogP contribution in [0.5, 0.6) is 5.75 Å². The van der Waals surface area contributed by atoms with Gasteiger partial charge >= 0.3 is 0 Å². The molecule has 0 bridgehead atoms. The smallest absolute Gasteiger partial charge is 0.264 e. The maximum absolute atomic E-state index is 13.4. The molecule has 176 valence electrons. The fraction of sp³-hybridized carbons (Fsp3) is 0.250. The number of amides is 1. The minimum Gasteiger partial charge on any atom is -0.478 e. The van der Waals surface area contributed by atoms with Gasteiger partial charge in [-0.15, -0.1) is 0 Å². The summed E-state index contributed by atoms with van der Waals surface area (Å²) in [6.07, 6.45) is 2.86. The van der Waals surface area contributed by atoms with E-state index in [4.69, 9.17) is 16.3 Å². The number of nitrogens with zero attached hydrogens (tertiary/aromatic N) is 4. The second-order valence-electron chi connectivity index (χ2n) is 8.23. The number of carbonyl (C=O) groups excluding carboxylic acids is 1. The molecule has 4 rings (SSSR count). The van der Waals surface area contributed by atoms with E-state index in [9.17, 15) is 14.0 Å². The van der Waals surface area contributed by atoms with Gasteiger partial charge in [0.15, 0.2) is 11.2 Å². The van der Waals surface area contributed by atoms with Crippen molar-refractivity contribution < 1.29 is 13.9 Å². The van der Waals surface area contributed by atoms with Crippen LogP contribution in [0.25, 0.3) is 11.0 Å². The van der Waals surface area contributed by atoms with Gasteiger partial charge in [0.05, 0.1) is 19.3 Å². The van der Waals surface area contributed by atoms with Crippen molar-refractivity contribution in [3.8, 4) is 5.75 Å². The average Bonchev–Trinajstić information content (AvgIpc) is 3.21. The zero-order valence-electron chi connectivity index (χ0n) is 18.7. The number of hydrogen-bond donors (Lipinski definition) is 1. The average molecular weight is 484 g/mol. The molecule has 0 radical (unpaired) electrons. The van der Waals surface area contributed by atoms with Crippen LogP contribution in [0.3, 0.4) is 0 Å². The Morgan fingerprint density at radius 2 is 1.97 bits per heavy atom. The third-order valence-electron chi connectivity index (χ3n) is 5.21. The third-order valence-corrected chi connectivity index (χ3v) is 5.46. The van der Waals surface area contributed by atoms with Crippen molar-refractivity contribution in [2.24, 2.45) is 0 Å². The fourth-order valence-electron chi connectivity index (χ4n) is 3.44. The molecule has 0 saturated heterocycles. The van der Waals surface area contributed by atoms with E-state index in [0.717, 1.165) is 0 Å². The Morgan fingerprint density at radius 1 is 1.21 bits per heavy atom. The normalized spacial score (nSPS) is 11.5. The topological polar surface area (TPSA) is 91.0 Å². The third kappa shape index (κ3) is 5.26. The first-order valence-corrected chi connectivity index (χ1v) is 11.0. The Balaban J connectivity index is 1.39. The van der Waals surface area contributed by atoms with E-state index in [1.165, 1.54) is 29.2 Å². The molecule has 0 saturated carbocycles. The molecule has 2 heterocycles. The molecule has 4 aromatic rings. The zero-order valence-corrected chi connectivity index (χ0v) is 19.4. The second kappa shape index (κ2) is 9.64. The molecular weight excluding hydrogens is 461 g/mol. The molecule has 2 aromatic carbocycles. The van der Waals surface area contributed by atoms with Crippen LogP contribution in [0.1, 0.15) is 19.4 Å². The predicted molar refractivity (Wildman–Crippen MR) is 126 cm³/mol. The molecule has 0 aliphatic carbocycles. The summed E-state index contributed by atoms with van der Waals surface area (Å²) in [4.78, 5) is 29.8. The first-order chi connectivity index (χ1) is 16.2. The molecule has 0 aliphatic rings. The van der Waals surface area contributed by atoms with Crippen LogP contribution in [-0.2, 0) is 17.9 Å². The van der Waals surface area contributed by atoms with Crippen LogP contribution >= 0.6 is 11.6 Å². The number of carbonyl (C=O) groups is 1. The van der Waals surface area contributed by atoms with Crippen molar-refractivity contribution in [1.29, 1.82) is 0 Å². The second-order valence-corrected chi connectivity index (χ2v) is 8.67. The van der Waals surface area contributed by atoms with Gasteiger partial charge in [-0.05, 0) is 55.8 Å². The lowest BCUT2D eigenvalue weighted by Crippen LogP contribution is -2.47. The molecule has 2 aromatic heterocycles. The lowest BCUT2D eigenvalue weighted by molar-refractivity contribution is -0.134. The summed E-state index contributed by atoms with van der Waals surface area (Å²) in [6, 6.07) is 12.8. The SMILES string of the molecule is CC(C)(Oc1ccc(Cl)cc1)C(=O)NCCn1ncc2c(=O)n(Cc3cccc(F)c3)cnc21. The Labute approximate surface area is 199 Å². The van der Waals surface area contributed by atoms with Gasteiger partial charge in [0.1, 0.15) is 23.3 Å². The van der Waals surface area contributed by atoms with E-state index in [0.29, 0.717) is 33.9 Å². The molecular formula is C24H23ClFN5O3. The summed E-state index contributed by atoms with van der Waals surface area (Å²) in [5.74, 6) is -0.137. The van der Waals surface area contributed by atoms with Crippen molar-refractivity contribution >= 4 is 28.5 Å². The lowest BCUT2D eigenvalue weighted by atomic mass is 10.1. The number of halogens is 2. The summed E-state index contributed by atoms with van der Waals surface area (Å²) in [5, 5.41) is 7.99. The monoisotopic (exact) mass is 483 g/mol.